The highest BCUT2D eigenvalue weighted by Crippen LogP contribution is 2.06. The Bertz CT molecular complexity index is 336. The minimum atomic E-state index is -0.112. The van der Waals surface area contributed by atoms with E-state index in [9.17, 15) is 4.79 Å². The zero-order valence-corrected chi connectivity index (χ0v) is 9.06. The lowest BCUT2D eigenvalue weighted by atomic mass is 10.1. The van der Waals surface area contributed by atoms with Crippen LogP contribution in [-0.4, -0.2) is 41.6 Å². The highest BCUT2D eigenvalue weighted by molar-refractivity contribution is 5.94. The molecule has 1 aromatic heterocycles. The van der Waals surface area contributed by atoms with Gasteiger partial charge in [-0.05, 0) is 19.4 Å². The number of ether oxygens (including phenoxy) is 1. The van der Waals surface area contributed by atoms with Crippen LogP contribution in [0.15, 0.2) is 18.6 Å². The number of Topliss-reactive ketones (excluding diaryl/α,β-unsaturated/α-hetero) is 1. The quantitative estimate of drug-likeness (QED) is 0.747. The van der Waals surface area contributed by atoms with Crippen LogP contribution in [0, 0.1) is 0 Å². The van der Waals surface area contributed by atoms with Gasteiger partial charge in [0, 0.05) is 18.9 Å². The predicted molar refractivity (Wildman–Crippen MR) is 58.2 cm³/mol. The Morgan fingerprint density at radius 3 is 3.19 bits per heavy atom. The molecule has 0 aromatic carbocycles. The molecule has 1 N–H and O–H groups in total. The predicted octanol–water partition coefficient (Wildman–Crippen LogP) is 0.428. The zero-order valence-electron chi connectivity index (χ0n) is 9.06. The molecule has 16 heavy (non-hydrogen) atoms. The third-order valence-electron chi connectivity index (χ3n) is 2.55. The summed E-state index contributed by atoms with van der Waals surface area (Å²) < 4.78 is 5.52. The molecule has 1 fully saturated rings. The molecule has 1 aliphatic rings. The number of hydrogen-bond donors (Lipinski definition) is 1. The van der Waals surface area contributed by atoms with Gasteiger partial charge in [-0.2, -0.15) is 0 Å². The van der Waals surface area contributed by atoms with Crippen molar-refractivity contribution >= 4 is 5.78 Å². The Kier molecular flexibility index (Phi) is 3.96. The third kappa shape index (κ3) is 3.08. The summed E-state index contributed by atoms with van der Waals surface area (Å²) in [4.78, 5) is 19.4. The van der Waals surface area contributed by atoms with Crippen molar-refractivity contribution in [2.24, 2.45) is 0 Å². The molecule has 0 bridgehead atoms. The molecule has 0 saturated carbocycles. The number of hydrogen-bond acceptors (Lipinski definition) is 5. The van der Waals surface area contributed by atoms with E-state index in [0.29, 0.717) is 5.69 Å². The number of nitrogens with zero attached hydrogens (tertiary/aromatic N) is 2. The maximum absolute atomic E-state index is 11.6. The molecular weight excluding hydrogens is 206 g/mol. The minimum Gasteiger partial charge on any atom is -0.369 e. The topological polar surface area (TPSA) is 64.1 Å². The number of ketones is 1. The molecule has 5 heteroatoms. The van der Waals surface area contributed by atoms with Gasteiger partial charge >= 0.3 is 0 Å². The molecule has 1 saturated heterocycles. The average Bonchev–Trinajstić information content (AvgIpc) is 2.38. The van der Waals surface area contributed by atoms with Crippen LogP contribution in [0.5, 0.6) is 0 Å². The van der Waals surface area contributed by atoms with Gasteiger partial charge in [0.25, 0.3) is 0 Å². The van der Waals surface area contributed by atoms with Crippen LogP contribution in [0.2, 0.25) is 0 Å². The fourth-order valence-corrected chi connectivity index (χ4v) is 1.67. The number of piperidine rings is 1. The molecule has 0 amide bonds. The molecule has 1 atom stereocenters. The Balaban J connectivity index is 1.79. The third-order valence-corrected chi connectivity index (χ3v) is 2.55. The minimum absolute atomic E-state index is 0.0883. The smallest absolute Gasteiger partial charge is 0.208 e. The number of nitrogens with one attached hydrogen (secondary N) is 1. The first kappa shape index (κ1) is 11.2. The SMILES string of the molecule is O=C(CO[C@H]1CCCNC1)c1cnccn1. The summed E-state index contributed by atoms with van der Waals surface area (Å²) >= 11 is 0. The van der Waals surface area contributed by atoms with Crippen LogP contribution in [0.3, 0.4) is 0 Å². The summed E-state index contributed by atoms with van der Waals surface area (Å²) in [6, 6.07) is 0. The van der Waals surface area contributed by atoms with E-state index in [2.05, 4.69) is 15.3 Å². The first-order valence-electron chi connectivity index (χ1n) is 5.48. The van der Waals surface area contributed by atoms with Crippen molar-refractivity contribution in [2.45, 2.75) is 18.9 Å². The lowest BCUT2D eigenvalue weighted by Crippen LogP contribution is -2.36. The molecule has 0 spiro atoms. The standard InChI is InChI=1S/C11H15N3O2/c15-11(10-7-13-4-5-14-10)8-16-9-2-1-3-12-6-9/h4-5,7,9,12H,1-3,6,8H2/t9-/m0/s1. The number of aromatic nitrogens is 2. The number of rotatable bonds is 4. The summed E-state index contributed by atoms with van der Waals surface area (Å²) in [5.41, 5.74) is 0.367. The largest absolute Gasteiger partial charge is 0.369 e. The van der Waals surface area contributed by atoms with E-state index >= 15 is 0 Å². The molecule has 2 rings (SSSR count). The van der Waals surface area contributed by atoms with E-state index in [0.717, 1.165) is 25.9 Å². The van der Waals surface area contributed by atoms with Crippen molar-refractivity contribution in [1.82, 2.24) is 15.3 Å². The highest BCUT2D eigenvalue weighted by atomic mass is 16.5. The van der Waals surface area contributed by atoms with Crippen LogP contribution in [0.4, 0.5) is 0 Å². The second-order valence-electron chi connectivity index (χ2n) is 3.79. The van der Waals surface area contributed by atoms with Crippen LogP contribution >= 0.6 is 0 Å². The van der Waals surface area contributed by atoms with Crippen LogP contribution in [0.1, 0.15) is 23.3 Å². The van der Waals surface area contributed by atoms with Crippen molar-refractivity contribution in [2.75, 3.05) is 19.7 Å². The maximum atomic E-state index is 11.6. The van der Waals surface area contributed by atoms with E-state index in [1.807, 2.05) is 0 Å². The maximum Gasteiger partial charge on any atom is 0.208 e. The van der Waals surface area contributed by atoms with Gasteiger partial charge in [-0.15, -0.1) is 0 Å². The first-order valence-corrected chi connectivity index (χ1v) is 5.48. The fourth-order valence-electron chi connectivity index (χ4n) is 1.67. The molecule has 0 aliphatic carbocycles. The Hall–Kier alpha value is -1.33. The molecule has 2 heterocycles. The van der Waals surface area contributed by atoms with Crippen molar-refractivity contribution in [3.63, 3.8) is 0 Å². The van der Waals surface area contributed by atoms with Crippen molar-refractivity contribution in [1.29, 1.82) is 0 Å². The van der Waals surface area contributed by atoms with E-state index in [-0.39, 0.29) is 18.5 Å². The lowest BCUT2D eigenvalue weighted by Gasteiger charge is -2.22. The molecule has 0 unspecified atom stereocenters. The second-order valence-corrected chi connectivity index (χ2v) is 3.79. The first-order chi connectivity index (χ1) is 7.86. The summed E-state index contributed by atoms with van der Waals surface area (Å²) in [6.07, 6.45) is 6.78. The molecule has 5 nitrogen and oxygen atoms in total. The molecule has 86 valence electrons. The normalized spacial score (nSPS) is 20.6. The second kappa shape index (κ2) is 5.67. The summed E-state index contributed by atoms with van der Waals surface area (Å²) in [5.74, 6) is -0.112. The Labute approximate surface area is 94.2 Å². The van der Waals surface area contributed by atoms with E-state index in [4.69, 9.17) is 4.74 Å². The summed E-state index contributed by atoms with van der Waals surface area (Å²) in [7, 11) is 0. The summed E-state index contributed by atoms with van der Waals surface area (Å²) in [6.45, 7) is 1.96. The van der Waals surface area contributed by atoms with Gasteiger partial charge in [0.1, 0.15) is 12.3 Å². The monoisotopic (exact) mass is 221 g/mol. The Morgan fingerprint density at radius 1 is 1.56 bits per heavy atom. The van der Waals surface area contributed by atoms with Crippen LogP contribution < -0.4 is 5.32 Å². The molecular formula is C11H15N3O2. The van der Waals surface area contributed by atoms with Gasteiger partial charge in [-0.3, -0.25) is 9.78 Å². The van der Waals surface area contributed by atoms with E-state index < -0.39 is 0 Å². The van der Waals surface area contributed by atoms with Crippen LogP contribution in [-0.2, 0) is 4.74 Å². The van der Waals surface area contributed by atoms with E-state index in [1.165, 1.54) is 12.4 Å². The van der Waals surface area contributed by atoms with E-state index in [1.54, 1.807) is 6.20 Å². The fraction of sp³-hybridized carbons (Fsp3) is 0.545. The van der Waals surface area contributed by atoms with Gasteiger partial charge in [0.05, 0.1) is 12.3 Å². The molecule has 1 aromatic rings. The molecule has 0 radical (unpaired) electrons. The van der Waals surface area contributed by atoms with Gasteiger partial charge in [-0.25, -0.2) is 4.98 Å². The van der Waals surface area contributed by atoms with Gasteiger partial charge < -0.3 is 10.1 Å². The summed E-state index contributed by atoms with van der Waals surface area (Å²) in [5, 5.41) is 3.23. The van der Waals surface area contributed by atoms with Gasteiger partial charge in [-0.1, -0.05) is 0 Å². The number of carbonyl (C=O) groups is 1. The van der Waals surface area contributed by atoms with Gasteiger partial charge in [0.15, 0.2) is 0 Å². The number of carbonyl (C=O) groups excluding carboxylic acids is 1. The highest BCUT2D eigenvalue weighted by Gasteiger charge is 2.15. The molecule has 1 aliphatic heterocycles. The van der Waals surface area contributed by atoms with Crippen molar-refractivity contribution in [3.8, 4) is 0 Å². The zero-order chi connectivity index (χ0) is 11.2. The van der Waals surface area contributed by atoms with Crippen molar-refractivity contribution < 1.29 is 9.53 Å². The van der Waals surface area contributed by atoms with Crippen LogP contribution in [0.25, 0.3) is 0 Å². The van der Waals surface area contributed by atoms with Gasteiger partial charge in [0.2, 0.25) is 5.78 Å². The Morgan fingerprint density at radius 2 is 2.50 bits per heavy atom. The average molecular weight is 221 g/mol. The lowest BCUT2D eigenvalue weighted by molar-refractivity contribution is 0.0344. The van der Waals surface area contributed by atoms with Crippen molar-refractivity contribution in [3.05, 3.63) is 24.3 Å².